The van der Waals surface area contributed by atoms with Gasteiger partial charge >= 0.3 is 0 Å². The van der Waals surface area contributed by atoms with Crippen molar-refractivity contribution in [2.45, 2.75) is 96.9 Å². The number of nitrogens with zero attached hydrogens (tertiary/aromatic N) is 2. The average Bonchev–Trinajstić information content (AvgIpc) is 2.79. The number of unbranched alkanes of at least 4 members (excludes halogenated alkanes) is 1. The van der Waals surface area contributed by atoms with Gasteiger partial charge in [0.1, 0.15) is 0 Å². The number of carbonyl (C=O) groups excluding carboxylic acids is 1. The van der Waals surface area contributed by atoms with Gasteiger partial charge in [-0.3, -0.25) is 4.79 Å². The molecule has 1 aliphatic carbocycles. The Morgan fingerprint density at radius 2 is 1.82 bits per heavy atom. The molecule has 34 heavy (non-hydrogen) atoms. The zero-order valence-electron chi connectivity index (χ0n) is 22.5. The number of hydrogen-bond acceptors (Lipinski definition) is 4. The van der Waals surface area contributed by atoms with Crippen LogP contribution in [0.25, 0.3) is 0 Å². The van der Waals surface area contributed by atoms with Crippen molar-refractivity contribution in [2.24, 2.45) is 34.8 Å². The number of amides is 1. The van der Waals surface area contributed by atoms with Crippen LogP contribution in [0.15, 0.2) is 0 Å². The SMILES string of the molecule is CC(C)[C@@H](NC[C@@H]1CCCN(CCCCN)C1)C(=O)N1CCC(C2CCC(Cl)CC2)C(C)(C)C1. The van der Waals surface area contributed by atoms with Crippen LogP contribution in [-0.2, 0) is 4.79 Å². The third-order valence-electron chi connectivity index (χ3n) is 8.98. The molecule has 1 amide bonds. The number of piperidine rings is 2. The highest BCUT2D eigenvalue weighted by molar-refractivity contribution is 6.20. The molecule has 1 unspecified atom stereocenters. The van der Waals surface area contributed by atoms with E-state index < -0.39 is 0 Å². The molecule has 0 aromatic rings. The second-order valence-electron chi connectivity index (χ2n) is 12.6. The van der Waals surface area contributed by atoms with E-state index in [1.807, 2.05) is 0 Å². The Bertz CT molecular complexity index is 620. The van der Waals surface area contributed by atoms with E-state index in [0.29, 0.717) is 29.0 Å². The molecular weight excluding hydrogens is 444 g/mol. The molecule has 198 valence electrons. The monoisotopic (exact) mass is 496 g/mol. The van der Waals surface area contributed by atoms with E-state index in [2.05, 4.69) is 42.8 Å². The van der Waals surface area contributed by atoms with Crippen molar-refractivity contribution in [3.05, 3.63) is 0 Å². The van der Waals surface area contributed by atoms with Crippen LogP contribution in [0.3, 0.4) is 0 Å². The highest BCUT2D eigenvalue weighted by atomic mass is 35.5. The normalized spacial score (nSPS) is 31.6. The van der Waals surface area contributed by atoms with Crippen LogP contribution >= 0.6 is 11.6 Å². The van der Waals surface area contributed by atoms with Gasteiger partial charge in [0.15, 0.2) is 0 Å². The molecule has 3 N–H and O–H groups in total. The average molecular weight is 497 g/mol. The lowest BCUT2D eigenvalue weighted by Crippen LogP contribution is -2.57. The Morgan fingerprint density at radius 1 is 1.09 bits per heavy atom. The summed E-state index contributed by atoms with van der Waals surface area (Å²) in [5, 5.41) is 4.10. The van der Waals surface area contributed by atoms with Crippen molar-refractivity contribution < 1.29 is 4.79 Å². The molecule has 2 saturated heterocycles. The van der Waals surface area contributed by atoms with Crippen LogP contribution in [0, 0.1) is 29.1 Å². The molecular formula is C28H53ClN4O. The zero-order valence-corrected chi connectivity index (χ0v) is 23.3. The molecule has 0 aromatic heterocycles. The molecule has 3 aliphatic rings. The maximum Gasteiger partial charge on any atom is 0.239 e. The van der Waals surface area contributed by atoms with E-state index in [0.717, 1.165) is 70.9 Å². The fourth-order valence-corrected chi connectivity index (χ4v) is 7.27. The minimum atomic E-state index is -0.0772. The maximum absolute atomic E-state index is 13.7. The van der Waals surface area contributed by atoms with Crippen molar-refractivity contribution in [2.75, 3.05) is 45.8 Å². The molecule has 3 fully saturated rings. The number of nitrogens with one attached hydrogen (secondary N) is 1. The summed E-state index contributed by atoms with van der Waals surface area (Å²) < 4.78 is 0. The molecule has 6 heteroatoms. The van der Waals surface area contributed by atoms with Crippen LogP contribution in [0.1, 0.15) is 85.5 Å². The third kappa shape index (κ3) is 7.82. The first-order valence-corrected chi connectivity index (χ1v) is 14.7. The van der Waals surface area contributed by atoms with Crippen molar-refractivity contribution in [1.82, 2.24) is 15.1 Å². The summed E-state index contributed by atoms with van der Waals surface area (Å²) in [5.41, 5.74) is 5.84. The summed E-state index contributed by atoms with van der Waals surface area (Å²) >= 11 is 6.38. The van der Waals surface area contributed by atoms with E-state index in [1.165, 1.54) is 38.6 Å². The first-order valence-electron chi connectivity index (χ1n) is 14.3. The highest BCUT2D eigenvalue weighted by Gasteiger charge is 2.43. The fraction of sp³-hybridized carbons (Fsp3) is 0.964. The van der Waals surface area contributed by atoms with Gasteiger partial charge in [-0.15, -0.1) is 11.6 Å². The summed E-state index contributed by atoms with van der Waals surface area (Å²) in [4.78, 5) is 18.5. The van der Waals surface area contributed by atoms with E-state index >= 15 is 0 Å². The molecule has 3 atom stereocenters. The van der Waals surface area contributed by atoms with Crippen LogP contribution in [0.2, 0.25) is 0 Å². The van der Waals surface area contributed by atoms with Gasteiger partial charge < -0.3 is 20.9 Å². The van der Waals surface area contributed by atoms with Gasteiger partial charge in [-0.05, 0) is 113 Å². The highest BCUT2D eigenvalue weighted by Crippen LogP contribution is 2.45. The predicted molar refractivity (Wildman–Crippen MR) is 144 cm³/mol. The van der Waals surface area contributed by atoms with Crippen LogP contribution in [-0.4, -0.2) is 72.9 Å². The summed E-state index contributed by atoms with van der Waals surface area (Å²) in [6.45, 7) is 16.2. The standard InChI is InChI=1S/C28H53ClN4O/c1-21(2)26(31-18-22-8-7-16-32(19-22)15-6-5-14-30)27(34)33-17-13-25(28(3,4)20-33)23-9-11-24(29)12-10-23/h21-26,31H,5-20,30H2,1-4H3/t22-,23?,24?,25?,26+/m0/s1. The van der Waals surface area contributed by atoms with Gasteiger partial charge in [0.25, 0.3) is 0 Å². The number of hydrogen-bond donors (Lipinski definition) is 2. The zero-order chi connectivity index (χ0) is 24.7. The molecule has 0 spiro atoms. The number of rotatable bonds is 10. The van der Waals surface area contributed by atoms with Gasteiger partial charge in [0, 0.05) is 25.0 Å². The predicted octanol–water partition coefficient (Wildman–Crippen LogP) is 4.72. The number of nitrogens with two attached hydrogens (primary N) is 1. The van der Waals surface area contributed by atoms with Crippen molar-refractivity contribution in [3.8, 4) is 0 Å². The summed E-state index contributed by atoms with van der Waals surface area (Å²) in [5.74, 6) is 2.75. The summed E-state index contributed by atoms with van der Waals surface area (Å²) in [7, 11) is 0. The van der Waals surface area contributed by atoms with E-state index in [9.17, 15) is 4.79 Å². The Balaban J connectivity index is 1.51. The molecule has 0 bridgehead atoms. The van der Waals surface area contributed by atoms with Crippen LogP contribution < -0.4 is 11.1 Å². The minimum absolute atomic E-state index is 0.0772. The minimum Gasteiger partial charge on any atom is -0.341 e. The molecule has 2 heterocycles. The molecule has 0 radical (unpaired) electrons. The quantitative estimate of drug-likeness (QED) is 0.339. The lowest BCUT2D eigenvalue weighted by atomic mass is 9.64. The topological polar surface area (TPSA) is 61.6 Å². The molecule has 5 nitrogen and oxygen atoms in total. The van der Waals surface area contributed by atoms with E-state index in [1.54, 1.807) is 0 Å². The first-order chi connectivity index (χ1) is 16.2. The Labute approximate surface area is 214 Å². The van der Waals surface area contributed by atoms with Gasteiger partial charge in [0.2, 0.25) is 5.91 Å². The molecule has 1 saturated carbocycles. The number of carbonyl (C=O) groups is 1. The van der Waals surface area contributed by atoms with Crippen molar-refractivity contribution in [1.29, 1.82) is 0 Å². The second-order valence-corrected chi connectivity index (χ2v) is 13.2. The van der Waals surface area contributed by atoms with Gasteiger partial charge in [-0.1, -0.05) is 27.7 Å². The van der Waals surface area contributed by atoms with Gasteiger partial charge in [0.05, 0.1) is 6.04 Å². The summed E-state index contributed by atoms with van der Waals surface area (Å²) in [6.07, 6.45) is 10.8. The Kier molecular flexibility index (Phi) is 11.0. The molecule has 2 aliphatic heterocycles. The van der Waals surface area contributed by atoms with E-state index in [4.69, 9.17) is 17.3 Å². The Morgan fingerprint density at radius 3 is 2.47 bits per heavy atom. The molecule has 3 rings (SSSR count). The third-order valence-corrected chi connectivity index (χ3v) is 9.42. The van der Waals surface area contributed by atoms with Gasteiger partial charge in [-0.25, -0.2) is 0 Å². The second kappa shape index (κ2) is 13.3. The largest absolute Gasteiger partial charge is 0.341 e. The van der Waals surface area contributed by atoms with Crippen LogP contribution in [0.4, 0.5) is 0 Å². The smallest absolute Gasteiger partial charge is 0.239 e. The van der Waals surface area contributed by atoms with E-state index in [-0.39, 0.29) is 11.5 Å². The lowest BCUT2D eigenvalue weighted by molar-refractivity contribution is -0.140. The van der Waals surface area contributed by atoms with Crippen molar-refractivity contribution in [3.63, 3.8) is 0 Å². The fourth-order valence-electron chi connectivity index (χ4n) is 7.02. The lowest BCUT2D eigenvalue weighted by Gasteiger charge is -2.49. The first kappa shape index (κ1) is 28.2. The van der Waals surface area contributed by atoms with Crippen molar-refractivity contribution >= 4 is 17.5 Å². The number of alkyl halides is 1. The number of halogens is 1. The van der Waals surface area contributed by atoms with Crippen LogP contribution in [0.5, 0.6) is 0 Å². The molecule has 0 aromatic carbocycles. The summed E-state index contributed by atoms with van der Waals surface area (Å²) in [6, 6.07) is -0.0772. The number of likely N-dealkylation sites (tertiary alicyclic amines) is 2. The maximum atomic E-state index is 13.7. The Hall–Kier alpha value is -0.360. The van der Waals surface area contributed by atoms with Gasteiger partial charge in [-0.2, -0.15) is 0 Å².